The van der Waals surface area contributed by atoms with Gasteiger partial charge in [0.15, 0.2) is 0 Å². The third-order valence-electron chi connectivity index (χ3n) is 3.51. The van der Waals surface area contributed by atoms with Gasteiger partial charge in [0.05, 0.1) is 21.2 Å². The molecule has 7 nitrogen and oxygen atoms in total. The number of carbonyl (C=O) groups excluding carboxylic acids is 1. The number of carbonyl (C=O) groups is 1. The van der Waals surface area contributed by atoms with Crippen LogP contribution in [0.2, 0.25) is 10.0 Å². The molecule has 0 saturated carbocycles. The Kier molecular flexibility index (Phi) is 5.54. The van der Waals surface area contributed by atoms with Gasteiger partial charge in [0.25, 0.3) is 11.6 Å². The first kappa shape index (κ1) is 18.6. The maximum atomic E-state index is 12.0. The number of non-ortho nitro benzene ring substituents is 1. The number of furan rings is 1. The summed E-state index contributed by atoms with van der Waals surface area (Å²) in [5.41, 5.74) is 3.18. The lowest BCUT2D eigenvalue weighted by molar-refractivity contribution is -0.384. The van der Waals surface area contributed by atoms with E-state index < -0.39 is 10.8 Å². The fourth-order valence-electron chi connectivity index (χ4n) is 2.21. The maximum absolute atomic E-state index is 12.0. The van der Waals surface area contributed by atoms with Crippen molar-refractivity contribution in [1.82, 2.24) is 5.43 Å². The first-order valence-corrected chi connectivity index (χ1v) is 8.33. The van der Waals surface area contributed by atoms with Crippen molar-refractivity contribution < 1.29 is 14.1 Å². The smallest absolute Gasteiger partial charge is 0.271 e. The van der Waals surface area contributed by atoms with Gasteiger partial charge < -0.3 is 4.42 Å². The van der Waals surface area contributed by atoms with Gasteiger partial charge in [-0.1, -0.05) is 35.3 Å². The molecule has 27 heavy (non-hydrogen) atoms. The van der Waals surface area contributed by atoms with E-state index in [1.165, 1.54) is 36.5 Å². The van der Waals surface area contributed by atoms with Gasteiger partial charge in [-0.15, -0.1) is 0 Å². The number of nitrogens with zero attached hydrogens (tertiary/aromatic N) is 2. The van der Waals surface area contributed by atoms with E-state index in [1.807, 2.05) is 0 Å². The number of amides is 1. The van der Waals surface area contributed by atoms with Crippen LogP contribution in [-0.4, -0.2) is 17.0 Å². The Morgan fingerprint density at radius 2 is 1.93 bits per heavy atom. The standard InChI is InChI=1S/C18H11Cl2N3O4/c19-15-6-4-12(9-16(15)20)18(24)22-21-10-14-5-7-17(27-14)11-2-1-3-13(8-11)23(25)26/h1-10H,(H,22,24)/b21-10-. The quantitative estimate of drug-likeness (QED) is 0.371. The van der Waals surface area contributed by atoms with Gasteiger partial charge in [0.1, 0.15) is 11.5 Å². The highest BCUT2D eigenvalue weighted by atomic mass is 35.5. The van der Waals surface area contributed by atoms with E-state index in [-0.39, 0.29) is 10.7 Å². The Labute approximate surface area is 163 Å². The fourth-order valence-corrected chi connectivity index (χ4v) is 2.50. The van der Waals surface area contributed by atoms with Crippen LogP contribution in [0.3, 0.4) is 0 Å². The van der Waals surface area contributed by atoms with Crippen LogP contribution >= 0.6 is 23.2 Å². The molecule has 0 fully saturated rings. The van der Waals surface area contributed by atoms with E-state index in [2.05, 4.69) is 10.5 Å². The van der Waals surface area contributed by atoms with Gasteiger partial charge in [-0.2, -0.15) is 5.10 Å². The van der Waals surface area contributed by atoms with Crippen LogP contribution < -0.4 is 5.43 Å². The van der Waals surface area contributed by atoms with E-state index in [0.717, 1.165) is 0 Å². The molecule has 0 aliphatic heterocycles. The Bertz CT molecular complexity index is 1050. The molecule has 0 atom stereocenters. The minimum atomic E-state index is -0.479. The number of hydrogen-bond acceptors (Lipinski definition) is 5. The summed E-state index contributed by atoms with van der Waals surface area (Å²) in [6.45, 7) is 0. The van der Waals surface area contributed by atoms with Crippen LogP contribution in [0.15, 0.2) is 64.1 Å². The van der Waals surface area contributed by atoms with Crippen LogP contribution in [0.1, 0.15) is 16.1 Å². The average molecular weight is 404 g/mol. The Morgan fingerprint density at radius 1 is 1.11 bits per heavy atom. The van der Waals surface area contributed by atoms with Crippen LogP contribution in [0.5, 0.6) is 0 Å². The molecule has 0 aliphatic rings. The molecule has 2 aromatic carbocycles. The molecule has 3 rings (SSSR count). The molecule has 1 N–H and O–H groups in total. The second-order valence-corrected chi connectivity index (χ2v) is 6.15. The van der Waals surface area contributed by atoms with Crippen LogP contribution in [0, 0.1) is 10.1 Å². The fraction of sp³-hybridized carbons (Fsp3) is 0. The minimum absolute atomic E-state index is 0.0343. The maximum Gasteiger partial charge on any atom is 0.271 e. The molecule has 1 aromatic heterocycles. The summed E-state index contributed by atoms with van der Waals surface area (Å²) < 4.78 is 5.57. The van der Waals surface area contributed by atoms with Crippen molar-refractivity contribution in [2.45, 2.75) is 0 Å². The molecule has 136 valence electrons. The van der Waals surface area contributed by atoms with Crippen molar-refractivity contribution in [3.63, 3.8) is 0 Å². The molecule has 0 radical (unpaired) electrons. The zero-order chi connectivity index (χ0) is 19.4. The summed E-state index contributed by atoms with van der Waals surface area (Å²) in [5.74, 6) is 0.345. The van der Waals surface area contributed by atoms with E-state index in [1.54, 1.807) is 24.3 Å². The highest BCUT2D eigenvalue weighted by molar-refractivity contribution is 6.42. The average Bonchev–Trinajstić information content (AvgIpc) is 3.13. The Morgan fingerprint density at radius 3 is 2.67 bits per heavy atom. The predicted octanol–water partition coefficient (Wildman–Crippen LogP) is 4.93. The molecule has 1 heterocycles. The van der Waals surface area contributed by atoms with Gasteiger partial charge in [-0.3, -0.25) is 14.9 Å². The SMILES string of the molecule is O=C(N/N=C\c1ccc(-c2cccc([N+](=O)[O-])c2)o1)c1ccc(Cl)c(Cl)c1. The molecule has 9 heteroatoms. The predicted molar refractivity (Wildman–Crippen MR) is 102 cm³/mol. The van der Waals surface area contributed by atoms with E-state index in [9.17, 15) is 14.9 Å². The summed E-state index contributed by atoms with van der Waals surface area (Å²) >= 11 is 11.7. The Hall–Kier alpha value is -3.16. The molecule has 0 bridgehead atoms. The minimum Gasteiger partial charge on any atom is -0.455 e. The second kappa shape index (κ2) is 8.03. The number of benzene rings is 2. The van der Waals surface area contributed by atoms with Gasteiger partial charge >= 0.3 is 0 Å². The zero-order valence-corrected chi connectivity index (χ0v) is 15.1. The second-order valence-electron chi connectivity index (χ2n) is 5.34. The van der Waals surface area contributed by atoms with Crippen LogP contribution in [0.25, 0.3) is 11.3 Å². The van der Waals surface area contributed by atoms with Crippen molar-refractivity contribution in [3.05, 3.63) is 86.1 Å². The summed E-state index contributed by atoms with van der Waals surface area (Å²) in [6, 6.07) is 13.8. The van der Waals surface area contributed by atoms with E-state index in [0.29, 0.717) is 27.7 Å². The number of nitro groups is 1. The van der Waals surface area contributed by atoms with Crippen LogP contribution in [-0.2, 0) is 0 Å². The molecule has 3 aromatic rings. The number of hydrogen-bond donors (Lipinski definition) is 1. The van der Waals surface area contributed by atoms with Crippen LogP contribution in [0.4, 0.5) is 5.69 Å². The number of nitro benzene ring substituents is 1. The van der Waals surface area contributed by atoms with Gasteiger partial charge in [-0.05, 0) is 30.3 Å². The topological polar surface area (TPSA) is 97.7 Å². The number of nitrogens with one attached hydrogen (secondary N) is 1. The number of rotatable bonds is 5. The molecule has 0 saturated heterocycles. The van der Waals surface area contributed by atoms with Crippen molar-refractivity contribution in [2.75, 3.05) is 0 Å². The molecule has 0 unspecified atom stereocenters. The largest absolute Gasteiger partial charge is 0.455 e. The van der Waals surface area contributed by atoms with Crippen molar-refractivity contribution in [1.29, 1.82) is 0 Å². The highest BCUT2D eigenvalue weighted by Gasteiger charge is 2.10. The van der Waals surface area contributed by atoms with Crippen molar-refractivity contribution in [2.24, 2.45) is 5.10 Å². The van der Waals surface area contributed by atoms with Gasteiger partial charge in [0, 0.05) is 23.3 Å². The first-order chi connectivity index (χ1) is 12.9. The lowest BCUT2D eigenvalue weighted by atomic mass is 10.1. The summed E-state index contributed by atoms with van der Waals surface area (Å²) in [7, 11) is 0. The lowest BCUT2D eigenvalue weighted by Gasteiger charge is -2.01. The summed E-state index contributed by atoms with van der Waals surface area (Å²) in [5, 5.41) is 15.3. The normalized spacial score (nSPS) is 10.9. The molecule has 0 aliphatic carbocycles. The third-order valence-corrected chi connectivity index (χ3v) is 4.25. The zero-order valence-electron chi connectivity index (χ0n) is 13.6. The van der Waals surface area contributed by atoms with Gasteiger partial charge in [-0.25, -0.2) is 5.43 Å². The molecule has 1 amide bonds. The number of hydrazone groups is 1. The van der Waals surface area contributed by atoms with Gasteiger partial charge in [0.2, 0.25) is 0 Å². The lowest BCUT2D eigenvalue weighted by Crippen LogP contribution is -2.17. The first-order valence-electron chi connectivity index (χ1n) is 7.57. The van der Waals surface area contributed by atoms with Crippen molar-refractivity contribution >= 4 is 41.0 Å². The summed E-state index contributed by atoms with van der Waals surface area (Å²) in [6.07, 6.45) is 1.32. The molecular formula is C18H11Cl2N3O4. The number of halogens is 2. The molecule has 0 spiro atoms. The van der Waals surface area contributed by atoms with E-state index >= 15 is 0 Å². The Balaban J connectivity index is 1.68. The van der Waals surface area contributed by atoms with E-state index in [4.69, 9.17) is 27.6 Å². The third kappa shape index (κ3) is 4.52. The monoisotopic (exact) mass is 403 g/mol. The highest BCUT2D eigenvalue weighted by Crippen LogP contribution is 2.25. The molecular weight excluding hydrogens is 393 g/mol. The summed E-state index contributed by atoms with van der Waals surface area (Å²) in [4.78, 5) is 22.4. The van der Waals surface area contributed by atoms with Crippen molar-refractivity contribution in [3.8, 4) is 11.3 Å².